The van der Waals surface area contributed by atoms with E-state index in [1.807, 2.05) is 6.07 Å². The summed E-state index contributed by atoms with van der Waals surface area (Å²) < 4.78 is 0. The van der Waals surface area contributed by atoms with Gasteiger partial charge in [0.15, 0.2) is 0 Å². The Bertz CT molecular complexity index is 282. The fourth-order valence-corrected chi connectivity index (χ4v) is 2.11. The van der Waals surface area contributed by atoms with Gasteiger partial charge in [0.1, 0.15) is 0 Å². The zero-order valence-corrected chi connectivity index (χ0v) is 8.30. The lowest BCUT2D eigenvalue weighted by atomic mass is 9.87. The summed E-state index contributed by atoms with van der Waals surface area (Å²) in [4.78, 5) is 0. The van der Waals surface area contributed by atoms with Crippen molar-refractivity contribution in [1.82, 2.24) is 10.2 Å². The van der Waals surface area contributed by atoms with E-state index in [0.29, 0.717) is 10.9 Å². The molecule has 70 valence electrons. The number of rotatable bonds is 1. The van der Waals surface area contributed by atoms with Crippen LogP contribution in [0, 0.1) is 0 Å². The fourth-order valence-electron chi connectivity index (χ4n) is 1.96. The molecule has 1 heterocycles. The molecule has 1 aromatic rings. The van der Waals surface area contributed by atoms with Crippen LogP contribution in [-0.4, -0.2) is 10.2 Å². The second-order valence-corrected chi connectivity index (χ2v) is 4.07. The van der Waals surface area contributed by atoms with Gasteiger partial charge in [-0.15, -0.1) is 0 Å². The summed E-state index contributed by atoms with van der Waals surface area (Å²) in [6.07, 6.45) is 8.08. The first kappa shape index (κ1) is 8.95. The predicted octanol–water partition coefficient (Wildman–Crippen LogP) is 3.18. The fraction of sp³-hybridized carbons (Fsp3) is 0.600. The molecule has 1 aliphatic carbocycles. The third-order valence-electron chi connectivity index (χ3n) is 2.66. The average Bonchev–Trinajstić information content (AvgIpc) is 2.19. The molecule has 1 aromatic heterocycles. The molecule has 0 spiro atoms. The maximum absolute atomic E-state index is 5.86. The SMILES string of the molecule is Clc1cnnc(C2CCCCC2)c1. The van der Waals surface area contributed by atoms with Crippen molar-refractivity contribution in [3.05, 3.63) is 23.0 Å². The lowest BCUT2D eigenvalue weighted by Gasteiger charge is -2.20. The average molecular weight is 197 g/mol. The molecule has 13 heavy (non-hydrogen) atoms. The van der Waals surface area contributed by atoms with Gasteiger partial charge in [-0.1, -0.05) is 30.9 Å². The molecule has 0 aromatic carbocycles. The third kappa shape index (κ3) is 2.19. The molecule has 1 saturated carbocycles. The largest absolute Gasteiger partial charge is 0.157 e. The summed E-state index contributed by atoms with van der Waals surface area (Å²) in [6, 6.07) is 1.95. The van der Waals surface area contributed by atoms with E-state index in [2.05, 4.69) is 10.2 Å². The second kappa shape index (κ2) is 4.05. The molecule has 2 nitrogen and oxygen atoms in total. The van der Waals surface area contributed by atoms with E-state index in [1.165, 1.54) is 32.1 Å². The minimum absolute atomic E-state index is 0.597. The molecule has 0 radical (unpaired) electrons. The number of halogens is 1. The summed E-state index contributed by atoms with van der Waals surface area (Å²) in [5, 5.41) is 8.71. The Morgan fingerprint density at radius 3 is 2.69 bits per heavy atom. The maximum atomic E-state index is 5.86. The molecule has 0 unspecified atom stereocenters. The van der Waals surface area contributed by atoms with Crippen LogP contribution >= 0.6 is 11.6 Å². The van der Waals surface area contributed by atoms with Gasteiger partial charge in [-0.2, -0.15) is 10.2 Å². The molecule has 0 aliphatic heterocycles. The molecule has 3 heteroatoms. The molecule has 2 rings (SSSR count). The molecule has 0 N–H and O–H groups in total. The molecule has 1 fully saturated rings. The Morgan fingerprint density at radius 1 is 1.23 bits per heavy atom. The summed E-state index contributed by atoms with van der Waals surface area (Å²) in [7, 11) is 0. The van der Waals surface area contributed by atoms with Gasteiger partial charge in [0.05, 0.1) is 16.9 Å². The van der Waals surface area contributed by atoms with Gasteiger partial charge < -0.3 is 0 Å². The van der Waals surface area contributed by atoms with Gasteiger partial charge in [0, 0.05) is 5.92 Å². The van der Waals surface area contributed by atoms with Gasteiger partial charge >= 0.3 is 0 Å². The number of nitrogens with zero attached hydrogens (tertiary/aromatic N) is 2. The first-order valence-corrected chi connectivity index (χ1v) is 5.22. The second-order valence-electron chi connectivity index (χ2n) is 3.63. The Balaban J connectivity index is 2.14. The molecular weight excluding hydrogens is 184 g/mol. The minimum atomic E-state index is 0.597. The normalized spacial score (nSPS) is 18.8. The van der Waals surface area contributed by atoms with E-state index in [4.69, 9.17) is 11.6 Å². The first-order valence-electron chi connectivity index (χ1n) is 4.84. The predicted molar refractivity (Wildman–Crippen MR) is 52.9 cm³/mol. The number of aromatic nitrogens is 2. The number of hydrogen-bond donors (Lipinski definition) is 0. The van der Waals surface area contributed by atoms with E-state index < -0.39 is 0 Å². The van der Waals surface area contributed by atoms with E-state index >= 15 is 0 Å². The zero-order valence-electron chi connectivity index (χ0n) is 7.54. The maximum Gasteiger partial charge on any atom is 0.0682 e. The lowest BCUT2D eigenvalue weighted by molar-refractivity contribution is 0.434. The molecule has 0 bridgehead atoms. The van der Waals surface area contributed by atoms with Crippen LogP contribution in [0.5, 0.6) is 0 Å². The minimum Gasteiger partial charge on any atom is -0.157 e. The smallest absolute Gasteiger partial charge is 0.0682 e. The van der Waals surface area contributed by atoms with Crippen LogP contribution in [0.2, 0.25) is 5.02 Å². The monoisotopic (exact) mass is 196 g/mol. The van der Waals surface area contributed by atoms with Crippen molar-refractivity contribution in [2.45, 2.75) is 38.0 Å². The van der Waals surface area contributed by atoms with Crippen molar-refractivity contribution >= 4 is 11.6 Å². The van der Waals surface area contributed by atoms with Crippen LogP contribution < -0.4 is 0 Å². The van der Waals surface area contributed by atoms with Crippen molar-refractivity contribution in [2.75, 3.05) is 0 Å². The number of hydrogen-bond acceptors (Lipinski definition) is 2. The third-order valence-corrected chi connectivity index (χ3v) is 2.87. The van der Waals surface area contributed by atoms with Gasteiger partial charge in [-0.3, -0.25) is 0 Å². The molecule has 0 amide bonds. The quantitative estimate of drug-likeness (QED) is 0.690. The standard InChI is InChI=1S/C10H13ClN2/c11-9-6-10(13-12-7-9)8-4-2-1-3-5-8/h6-8H,1-5H2. The highest BCUT2D eigenvalue weighted by molar-refractivity contribution is 6.30. The highest BCUT2D eigenvalue weighted by Gasteiger charge is 2.16. The van der Waals surface area contributed by atoms with E-state index in [9.17, 15) is 0 Å². The highest BCUT2D eigenvalue weighted by Crippen LogP contribution is 2.31. The molecule has 0 saturated heterocycles. The van der Waals surface area contributed by atoms with Gasteiger partial charge in [-0.25, -0.2) is 0 Å². The summed E-state index contributed by atoms with van der Waals surface area (Å²) in [6.45, 7) is 0. The van der Waals surface area contributed by atoms with Gasteiger partial charge in [0.25, 0.3) is 0 Å². The summed E-state index contributed by atoms with van der Waals surface area (Å²) >= 11 is 5.86. The highest BCUT2D eigenvalue weighted by atomic mass is 35.5. The van der Waals surface area contributed by atoms with Crippen LogP contribution in [0.25, 0.3) is 0 Å². The summed E-state index contributed by atoms with van der Waals surface area (Å²) in [5.41, 5.74) is 1.08. The van der Waals surface area contributed by atoms with Crippen molar-refractivity contribution in [3.63, 3.8) is 0 Å². The van der Waals surface area contributed by atoms with Crippen LogP contribution in [0.4, 0.5) is 0 Å². The topological polar surface area (TPSA) is 25.8 Å². The van der Waals surface area contributed by atoms with E-state index in [-0.39, 0.29) is 0 Å². The van der Waals surface area contributed by atoms with Gasteiger partial charge in [-0.05, 0) is 18.9 Å². The summed E-state index contributed by atoms with van der Waals surface area (Å²) in [5.74, 6) is 0.597. The Labute approximate surface area is 83.3 Å². The zero-order chi connectivity index (χ0) is 9.10. The van der Waals surface area contributed by atoms with Gasteiger partial charge in [0.2, 0.25) is 0 Å². The molecule has 1 aliphatic rings. The molecule has 0 atom stereocenters. The van der Waals surface area contributed by atoms with Crippen LogP contribution in [0.3, 0.4) is 0 Å². The van der Waals surface area contributed by atoms with Crippen molar-refractivity contribution in [2.24, 2.45) is 0 Å². The van der Waals surface area contributed by atoms with Crippen molar-refractivity contribution in [3.8, 4) is 0 Å². The Morgan fingerprint density at radius 2 is 2.00 bits per heavy atom. The van der Waals surface area contributed by atoms with Crippen molar-refractivity contribution < 1.29 is 0 Å². The van der Waals surface area contributed by atoms with E-state index in [1.54, 1.807) is 6.20 Å². The van der Waals surface area contributed by atoms with Crippen molar-refractivity contribution in [1.29, 1.82) is 0 Å². The Hall–Kier alpha value is -0.630. The Kier molecular flexibility index (Phi) is 2.79. The first-order chi connectivity index (χ1) is 6.36. The van der Waals surface area contributed by atoms with Crippen LogP contribution in [-0.2, 0) is 0 Å². The van der Waals surface area contributed by atoms with Crippen LogP contribution in [0.1, 0.15) is 43.7 Å². The lowest BCUT2D eigenvalue weighted by Crippen LogP contribution is -2.06. The molecular formula is C10H13ClN2. The van der Waals surface area contributed by atoms with E-state index in [0.717, 1.165) is 5.69 Å². The van der Waals surface area contributed by atoms with Crippen LogP contribution in [0.15, 0.2) is 12.3 Å².